The second kappa shape index (κ2) is 5.02. The van der Waals surface area contributed by atoms with Crippen LogP contribution < -0.4 is 5.73 Å². The van der Waals surface area contributed by atoms with Crippen LogP contribution in [0.1, 0.15) is 11.4 Å². The molecule has 3 rings (SSSR count). The highest BCUT2D eigenvalue weighted by Crippen LogP contribution is 2.21. The van der Waals surface area contributed by atoms with E-state index in [9.17, 15) is 0 Å². The monoisotopic (exact) mass is 282 g/mol. The molecule has 0 aliphatic carbocycles. The molecule has 0 aliphatic rings. The fourth-order valence-corrected chi connectivity index (χ4v) is 2.38. The summed E-state index contributed by atoms with van der Waals surface area (Å²) in [5.74, 6) is 1.65. The first-order chi connectivity index (χ1) is 9.65. The summed E-state index contributed by atoms with van der Waals surface area (Å²) in [5, 5.41) is 0. The molecular weight excluding hydrogens is 268 g/mol. The van der Waals surface area contributed by atoms with Crippen LogP contribution in [0.5, 0.6) is 0 Å². The summed E-state index contributed by atoms with van der Waals surface area (Å²) >= 11 is 5.02. The molecular formula is C15H14N4S. The maximum Gasteiger partial charge on any atom is 0.138 e. The van der Waals surface area contributed by atoms with Gasteiger partial charge >= 0.3 is 0 Å². The van der Waals surface area contributed by atoms with Gasteiger partial charge in [0.15, 0.2) is 0 Å². The Morgan fingerprint density at radius 3 is 2.85 bits per heavy atom. The number of benzene rings is 1. The lowest BCUT2D eigenvalue weighted by Gasteiger charge is -2.08. The van der Waals surface area contributed by atoms with Crippen molar-refractivity contribution in [2.24, 2.45) is 5.73 Å². The van der Waals surface area contributed by atoms with E-state index in [2.05, 4.69) is 9.97 Å². The highest BCUT2D eigenvalue weighted by molar-refractivity contribution is 7.80. The molecule has 0 unspecified atom stereocenters. The smallest absolute Gasteiger partial charge is 0.138 e. The van der Waals surface area contributed by atoms with Crippen LogP contribution in [0, 0.1) is 6.92 Å². The predicted molar refractivity (Wildman–Crippen MR) is 84.1 cm³/mol. The summed E-state index contributed by atoms with van der Waals surface area (Å²) in [6.45, 7) is 2.04. The topological polar surface area (TPSA) is 56.7 Å². The normalized spacial score (nSPS) is 10.8. The van der Waals surface area contributed by atoms with Gasteiger partial charge in [-0.1, -0.05) is 24.4 Å². The average molecular weight is 282 g/mol. The van der Waals surface area contributed by atoms with Crippen LogP contribution >= 0.6 is 12.2 Å². The largest absolute Gasteiger partial charge is 0.393 e. The summed E-state index contributed by atoms with van der Waals surface area (Å²) in [5.41, 5.74) is 8.76. The molecule has 1 aromatic carbocycles. The summed E-state index contributed by atoms with van der Waals surface area (Å²) in [6.07, 6.45) is 2.25. The number of nitrogens with zero attached hydrogens (tertiary/aromatic N) is 3. The minimum absolute atomic E-state index is 0.425. The SMILES string of the molecule is Cc1ccnc(-n2c(CC(N)=S)nc3ccccc32)c1. The van der Waals surface area contributed by atoms with Crippen LogP contribution in [0.2, 0.25) is 0 Å². The number of thiocarbonyl (C=S) groups is 1. The molecule has 0 bridgehead atoms. The Hall–Kier alpha value is -2.27. The van der Waals surface area contributed by atoms with Gasteiger partial charge in [-0.15, -0.1) is 0 Å². The fourth-order valence-electron chi connectivity index (χ4n) is 2.25. The molecule has 0 spiro atoms. The van der Waals surface area contributed by atoms with Gasteiger partial charge < -0.3 is 5.73 Å². The number of para-hydroxylation sites is 2. The molecule has 100 valence electrons. The Balaban J connectivity index is 2.28. The summed E-state index contributed by atoms with van der Waals surface area (Å²) in [7, 11) is 0. The van der Waals surface area contributed by atoms with Gasteiger partial charge in [0.05, 0.1) is 22.4 Å². The van der Waals surface area contributed by atoms with Crippen LogP contribution in [-0.2, 0) is 6.42 Å². The molecule has 3 aromatic rings. The van der Waals surface area contributed by atoms with Gasteiger partial charge in [0, 0.05) is 6.20 Å². The molecule has 5 heteroatoms. The second-order valence-electron chi connectivity index (χ2n) is 4.69. The summed E-state index contributed by atoms with van der Waals surface area (Å²) in [6, 6.07) is 11.9. The lowest BCUT2D eigenvalue weighted by Crippen LogP contribution is -2.15. The molecule has 0 saturated carbocycles. The Labute approximate surface area is 122 Å². The van der Waals surface area contributed by atoms with E-state index in [1.807, 2.05) is 47.9 Å². The standard InChI is InChI=1S/C15H14N4S/c1-10-6-7-17-14(8-10)19-12-5-3-2-4-11(12)18-15(19)9-13(16)20/h2-8H,9H2,1H3,(H2,16,20). The van der Waals surface area contributed by atoms with E-state index in [4.69, 9.17) is 18.0 Å². The van der Waals surface area contributed by atoms with Gasteiger partial charge in [-0.3, -0.25) is 4.57 Å². The zero-order valence-corrected chi connectivity index (χ0v) is 11.9. The van der Waals surface area contributed by atoms with Crippen molar-refractivity contribution >= 4 is 28.2 Å². The molecule has 0 saturated heterocycles. The summed E-state index contributed by atoms with van der Waals surface area (Å²) in [4.78, 5) is 9.48. The first kappa shape index (κ1) is 12.7. The van der Waals surface area contributed by atoms with Crippen LogP contribution in [-0.4, -0.2) is 19.5 Å². The first-order valence-corrected chi connectivity index (χ1v) is 6.73. The quantitative estimate of drug-likeness (QED) is 0.750. The third kappa shape index (κ3) is 2.28. The van der Waals surface area contributed by atoms with Gasteiger partial charge in [-0.05, 0) is 36.8 Å². The van der Waals surface area contributed by atoms with Crippen LogP contribution in [0.3, 0.4) is 0 Å². The first-order valence-electron chi connectivity index (χ1n) is 6.33. The highest BCUT2D eigenvalue weighted by atomic mass is 32.1. The molecule has 0 radical (unpaired) electrons. The Kier molecular flexibility index (Phi) is 3.20. The van der Waals surface area contributed by atoms with Crippen LogP contribution in [0.4, 0.5) is 0 Å². The number of rotatable bonds is 3. The number of pyridine rings is 1. The minimum Gasteiger partial charge on any atom is -0.393 e. The Morgan fingerprint density at radius 2 is 2.10 bits per heavy atom. The van der Waals surface area contributed by atoms with Crippen molar-refractivity contribution in [2.75, 3.05) is 0 Å². The highest BCUT2D eigenvalue weighted by Gasteiger charge is 2.13. The molecule has 0 amide bonds. The molecule has 0 fully saturated rings. The van der Waals surface area contributed by atoms with Crippen molar-refractivity contribution in [2.45, 2.75) is 13.3 Å². The molecule has 2 heterocycles. The molecule has 2 aromatic heterocycles. The second-order valence-corrected chi connectivity index (χ2v) is 5.21. The van der Waals surface area contributed by atoms with E-state index in [-0.39, 0.29) is 0 Å². The van der Waals surface area contributed by atoms with Gasteiger partial charge in [-0.2, -0.15) is 0 Å². The van der Waals surface area contributed by atoms with Crippen molar-refractivity contribution in [3.63, 3.8) is 0 Å². The minimum atomic E-state index is 0.425. The molecule has 2 N–H and O–H groups in total. The molecule has 4 nitrogen and oxygen atoms in total. The maximum absolute atomic E-state index is 5.68. The third-order valence-electron chi connectivity index (χ3n) is 3.09. The van der Waals surface area contributed by atoms with Gasteiger partial charge in [-0.25, -0.2) is 9.97 Å². The number of aryl methyl sites for hydroxylation is 1. The number of fused-ring (bicyclic) bond motifs is 1. The lowest BCUT2D eigenvalue weighted by molar-refractivity contribution is 0.929. The van der Waals surface area contributed by atoms with Crippen LogP contribution in [0.15, 0.2) is 42.6 Å². The van der Waals surface area contributed by atoms with Crippen molar-refractivity contribution in [3.8, 4) is 5.82 Å². The van der Waals surface area contributed by atoms with Gasteiger partial charge in [0.1, 0.15) is 11.6 Å². The Morgan fingerprint density at radius 1 is 1.30 bits per heavy atom. The zero-order chi connectivity index (χ0) is 14.1. The van der Waals surface area contributed by atoms with Crippen molar-refractivity contribution in [1.29, 1.82) is 0 Å². The summed E-state index contributed by atoms with van der Waals surface area (Å²) < 4.78 is 2.02. The van der Waals surface area contributed by atoms with Crippen molar-refractivity contribution < 1.29 is 0 Å². The maximum atomic E-state index is 5.68. The molecule has 20 heavy (non-hydrogen) atoms. The predicted octanol–water partition coefficient (Wildman–Crippen LogP) is 2.56. The van der Waals surface area contributed by atoms with E-state index in [0.29, 0.717) is 11.4 Å². The van der Waals surface area contributed by atoms with E-state index in [1.54, 1.807) is 6.20 Å². The van der Waals surface area contributed by atoms with Crippen LogP contribution in [0.25, 0.3) is 16.9 Å². The average Bonchev–Trinajstić information content (AvgIpc) is 2.75. The van der Waals surface area contributed by atoms with Gasteiger partial charge in [0.25, 0.3) is 0 Å². The van der Waals surface area contributed by atoms with E-state index in [1.165, 1.54) is 0 Å². The number of hydrogen-bond donors (Lipinski definition) is 1. The number of imidazole rings is 1. The fraction of sp³-hybridized carbons (Fsp3) is 0.133. The van der Waals surface area contributed by atoms with E-state index in [0.717, 1.165) is 28.2 Å². The lowest BCUT2D eigenvalue weighted by atomic mass is 10.3. The van der Waals surface area contributed by atoms with Gasteiger partial charge in [0.2, 0.25) is 0 Å². The Bertz CT molecular complexity index is 791. The third-order valence-corrected chi connectivity index (χ3v) is 3.24. The van der Waals surface area contributed by atoms with Crippen molar-refractivity contribution in [1.82, 2.24) is 14.5 Å². The molecule has 0 atom stereocenters. The van der Waals surface area contributed by atoms with E-state index < -0.39 is 0 Å². The van der Waals surface area contributed by atoms with Crippen molar-refractivity contribution in [3.05, 3.63) is 54.0 Å². The number of aromatic nitrogens is 3. The number of hydrogen-bond acceptors (Lipinski definition) is 3. The van der Waals surface area contributed by atoms with E-state index >= 15 is 0 Å². The molecule has 0 aliphatic heterocycles. The zero-order valence-electron chi connectivity index (χ0n) is 11.1. The number of nitrogens with two attached hydrogens (primary N) is 1.